The number of ketones is 1. The Kier molecular flexibility index (Phi) is 5.20. The first-order valence-corrected chi connectivity index (χ1v) is 7.30. The van der Waals surface area contributed by atoms with Gasteiger partial charge in [0.25, 0.3) is 0 Å². The third-order valence-electron chi connectivity index (χ3n) is 3.84. The second kappa shape index (κ2) is 6.89. The van der Waals surface area contributed by atoms with Gasteiger partial charge < -0.3 is 11.5 Å². The molecular formula is C17H14F6N2O. The molecule has 0 fully saturated rings. The van der Waals surface area contributed by atoms with Gasteiger partial charge in [-0.2, -0.15) is 26.3 Å². The maximum Gasteiger partial charge on any atom is 0.402 e. The van der Waals surface area contributed by atoms with E-state index in [-0.39, 0.29) is 0 Å². The van der Waals surface area contributed by atoms with Gasteiger partial charge in [0.15, 0.2) is 5.78 Å². The summed E-state index contributed by atoms with van der Waals surface area (Å²) in [5, 5.41) is 0. The van der Waals surface area contributed by atoms with Crippen molar-refractivity contribution >= 4 is 17.2 Å². The molecule has 3 nitrogen and oxygen atoms in total. The van der Waals surface area contributed by atoms with Crippen molar-refractivity contribution in [3.05, 3.63) is 59.7 Å². The standard InChI is InChI=1S/C17H14F6N2O/c18-16(19,20)13(9-5-1-3-7-11(9)24)15(26)14(17(21,22)23)10-6-2-4-8-12(10)25/h1-8,13-14H,24-25H2. The van der Waals surface area contributed by atoms with E-state index in [4.69, 9.17) is 11.5 Å². The molecule has 0 heterocycles. The highest BCUT2D eigenvalue weighted by molar-refractivity contribution is 5.95. The van der Waals surface area contributed by atoms with Gasteiger partial charge in [-0.15, -0.1) is 0 Å². The summed E-state index contributed by atoms with van der Waals surface area (Å²) >= 11 is 0. The minimum atomic E-state index is -5.26. The van der Waals surface area contributed by atoms with Crippen molar-refractivity contribution in [2.45, 2.75) is 24.2 Å². The van der Waals surface area contributed by atoms with E-state index in [0.29, 0.717) is 0 Å². The lowest BCUT2D eigenvalue weighted by molar-refractivity contribution is -0.183. The molecule has 140 valence electrons. The fourth-order valence-electron chi connectivity index (χ4n) is 2.70. The van der Waals surface area contributed by atoms with E-state index >= 15 is 0 Å². The minimum Gasteiger partial charge on any atom is -0.398 e. The van der Waals surface area contributed by atoms with Crippen molar-refractivity contribution in [1.29, 1.82) is 0 Å². The monoisotopic (exact) mass is 376 g/mol. The van der Waals surface area contributed by atoms with E-state index in [1.54, 1.807) is 0 Å². The Morgan fingerprint density at radius 2 is 1.00 bits per heavy atom. The number of para-hydroxylation sites is 2. The summed E-state index contributed by atoms with van der Waals surface area (Å²) < 4.78 is 81.2. The van der Waals surface area contributed by atoms with Gasteiger partial charge in [-0.3, -0.25) is 4.79 Å². The molecule has 0 aromatic heterocycles. The van der Waals surface area contributed by atoms with E-state index < -0.39 is 52.5 Å². The summed E-state index contributed by atoms with van der Waals surface area (Å²) in [6.45, 7) is 0. The average Bonchev–Trinajstić information content (AvgIpc) is 2.49. The van der Waals surface area contributed by atoms with Crippen LogP contribution in [0.4, 0.5) is 37.7 Å². The quantitative estimate of drug-likeness (QED) is 0.613. The smallest absolute Gasteiger partial charge is 0.398 e. The minimum absolute atomic E-state index is 0.426. The number of anilines is 2. The van der Waals surface area contributed by atoms with E-state index in [1.807, 2.05) is 0 Å². The summed E-state index contributed by atoms with van der Waals surface area (Å²) in [5.74, 6) is -8.15. The van der Waals surface area contributed by atoms with Crippen LogP contribution in [0.3, 0.4) is 0 Å². The van der Waals surface area contributed by atoms with Crippen LogP contribution in [-0.4, -0.2) is 18.1 Å². The fourth-order valence-corrected chi connectivity index (χ4v) is 2.70. The van der Waals surface area contributed by atoms with Crippen LogP contribution in [0.15, 0.2) is 48.5 Å². The number of alkyl halides is 6. The second-order valence-corrected chi connectivity index (χ2v) is 5.61. The molecule has 2 atom stereocenters. The number of carbonyl (C=O) groups excluding carboxylic acids is 1. The van der Waals surface area contributed by atoms with Gasteiger partial charge in [-0.25, -0.2) is 0 Å². The number of Topliss-reactive ketones (excluding diaryl/α,β-unsaturated/α-hetero) is 1. The summed E-state index contributed by atoms with van der Waals surface area (Å²) in [6.07, 6.45) is -10.5. The largest absolute Gasteiger partial charge is 0.402 e. The number of carbonyl (C=O) groups is 1. The molecule has 9 heteroatoms. The molecule has 0 saturated heterocycles. The molecule has 0 amide bonds. The Morgan fingerprint density at radius 1 is 0.692 bits per heavy atom. The van der Waals surface area contributed by atoms with Crippen molar-refractivity contribution in [2.24, 2.45) is 0 Å². The highest BCUT2D eigenvalue weighted by Crippen LogP contribution is 2.46. The van der Waals surface area contributed by atoms with Crippen LogP contribution in [0, 0.1) is 0 Å². The molecule has 2 unspecified atom stereocenters. The zero-order valence-electron chi connectivity index (χ0n) is 13.1. The van der Waals surface area contributed by atoms with Crippen LogP contribution in [0.5, 0.6) is 0 Å². The van der Waals surface area contributed by atoms with Crippen LogP contribution in [0.2, 0.25) is 0 Å². The van der Waals surface area contributed by atoms with Gasteiger partial charge in [0.2, 0.25) is 0 Å². The van der Waals surface area contributed by atoms with Gasteiger partial charge in [-0.1, -0.05) is 36.4 Å². The van der Waals surface area contributed by atoms with E-state index in [9.17, 15) is 31.1 Å². The lowest BCUT2D eigenvalue weighted by atomic mass is 9.81. The molecule has 0 aliphatic rings. The number of nitrogen functional groups attached to an aromatic ring is 2. The van der Waals surface area contributed by atoms with E-state index in [1.165, 1.54) is 12.1 Å². The molecule has 2 aromatic carbocycles. The molecule has 0 spiro atoms. The lowest BCUT2D eigenvalue weighted by Crippen LogP contribution is -2.38. The second-order valence-electron chi connectivity index (χ2n) is 5.61. The Morgan fingerprint density at radius 3 is 1.27 bits per heavy atom. The van der Waals surface area contributed by atoms with Crippen molar-refractivity contribution in [2.75, 3.05) is 11.5 Å². The number of rotatable bonds is 4. The summed E-state index contributed by atoms with van der Waals surface area (Å²) in [5.41, 5.74) is 8.64. The van der Waals surface area contributed by atoms with Gasteiger partial charge in [0, 0.05) is 11.4 Å². The van der Waals surface area contributed by atoms with E-state index in [0.717, 1.165) is 36.4 Å². The normalized spacial score (nSPS) is 14.7. The average molecular weight is 376 g/mol. The summed E-state index contributed by atoms with van der Waals surface area (Å²) in [6, 6.07) is 8.89. The van der Waals surface area contributed by atoms with Crippen molar-refractivity contribution in [3.8, 4) is 0 Å². The molecule has 0 radical (unpaired) electrons. The summed E-state index contributed by atoms with van der Waals surface area (Å²) in [7, 11) is 0. The van der Waals surface area contributed by atoms with Crippen LogP contribution in [0.1, 0.15) is 23.0 Å². The maximum absolute atomic E-state index is 13.5. The summed E-state index contributed by atoms with van der Waals surface area (Å²) in [4.78, 5) is 12.5. The highest BCUT2D eigenvalue weighted by atomic mass is 19.4. The van der Waals surface area contributed by atoms with Gasteiger partial charge >= 0.3 is 12.4 Å². The van der Waals surface area contributed by atoms with Crippen LogP contribution in [-0.2, 0) is 4.79 Å². The van der Waals surface area contributed by atoms with Crippen molar-refractivity contribution in [3.63, 3.8) is 0 Å². The predicted octanol–water partition coefficient (Wildman–Crippen LogP) is 4.41. The Bertz CT molecular complexity index is 735. The Labute approximate surface area is 144 Å². The molecule has 0 aliphatic heterocycles. The van der Waals surface area contributed by atoms with Gasteiger partial charge in [0.1, 0.15) is 11.8 Å². The lowest BCUT2D eigenvalue weighted by Gasteiger charge is -2.27. The fraction of sp³-hybridized carbons (Fsp3) is 0.235. The van der Waals surface area contributed by atoms with Crippen LogP contribution < -0.4 is 11.5 Å². The molecule has 0 aliphatic carbocycles. The first-order chi connectivity index (χ1) is 11.9. The van der Waals surface area contributed by atoms with Crippen LogP contribution >= 0.6 is 0 Å². The first kappa shape index (κ1) is 19.6. The van der Waals surface area contributed by atoms with Crippen LogP contribution in [0.25, 0.3) is 0 Å². The molecule has 4 N–H and O–H groups in total. The van der Waals surface area contributed by atoms with E-state index in [2.05, 4.69) is 0 Å². The zero-order chi connectivity index (χ0) is 19.7. The Hall–Kier alpha value is -2.71. The number of nitrogens with two attached hydrogens (primary N) is 2. The first-order valence-electron chi connectivity index (χ1n) is 7.30. The third-order valence-corrected chi connectivity index (χ3v) is 3.84. The van der Waals surface area contributed by atoms with Gasteiger partial charge in [0.05, 0.1) is 0 Å². The number of hydrogen-bond acceptors (Lipinski definition) is 3. The molecule has 2 rings (SSSR count). The zero-order valence-corrected chi connectivity index (χ0v) is 13.1. The Balaban J connectivity index is 2.65. The topological polar surface area (TPSA) is 69.1 Å². The SMILES string of the molecule is Nc1ccccc1C(C(=O)C(c1ccccc1N)C(F)(F)F)C(F)(F)F. The molecule has 2 aromatic rings. The number of benzene rings is 2. The highest BCUT2D eigenvalue weighted by Gasteiger charge is 2.55. The number of hydrogen-bond donors (Lipinski definition) is 2. The van der Waals surface area contributed by atoms with Crippen molar-refractivity contribution < 1.29 is 31.1 Å². The van der Waals surface area contributed by atoms with Crippen molar-refractivity contribution in [1.82, 2.24) is 0 Å². The third kappa shape index (κ3) is 3.92. The molecular weight excluding hydrogens is 362 g/mol. The number of halogens is 6. The molecule has 26 heavy (non-hydrogen) atoms. The molecule has 0 bridgehead atoms. The molecule has 0 saturated carbocycles. The predicted molar refractivity (Wildman–Crippen MR) is 84.3 cm³/mol. The maximum atomic E-state index is 13.5. The van der Waals surface area contributed by atoms with Gasteiger partial charge in [-0.05, 0) is 23.3 Å².